The van der Waals surface area contributed by atoms with Crippen molar-refractivity contribution in [3.63, 3.8) is 0 Å². The molecule has 1 aliphatic rings. The molecule has 1 fully saturated rings. The summed E-state index contributed by atoms with van der Waals surface area (Å²) in [5.41, 5.74) is 4.89. The van der Waals surface area contributed by atoms with Gasteiger partial charge in [0.1, 0.15) is 0 Å². The van der Waals surface area contributed by atoms with E-state index in [2.05, 4.69) is 0 Å². The Balaban J connectivity index is 2.26. The van der Waals surface area contributed by atoms with Gasteiger partial charge in [-0.05, 0) is 18.8 Å². The topological polar surface area (TPSA) is 63.3 Å². The van der Waals surface area contributed by atoms with Gasteiger partial charge in [-0.15, -0.1) is 0 Å². The first kappa shape index (κ1) is 6.27. The maximum absolute atomic E-state index is 10.4. The van der Waals surface area contributed by atoms with E-state index in [0.717, 1.165) is 12.8 Å². The first-order chi connectivity index (χ1) is 3.58. The summed E-state index contributed by atoms with van der Waals surface area (Å²) in [6.45, 7) is 0. The van der Waals surface area contributed by atoms with Gasteiger partial charge in [0.25, 0.3) is 7.52 Å². The van der Waals surface area contributed by atoms with Crippen molar-refractivity contribution in [1.82, 2.24) is 0 Å². The summed E-state index contributed by atoms with van der Waals surface area (Å²) in [7, 11) is -3.16. The lowest BCUT2D eigenvalue weighted by Crippen LogP contribution is -1.99. The van der Waals surface area contributed by atoms with Crippen LogP contribution in [0, 0.1) is 5.92 Å². The van der Waals surface area contributed by atoms with Gasteiger partial charge in [0.2, 0.25) is 0 Å². The Morgan fingerprint density at radius 2 is 2.25 bits per heavy atom. The van der Waals surface area contributed by atoms with Gasteiger partial charge in [-0.25, -0.2) is 0 Å². The molecule has 0 aromatic heterocycles. The second-order valence-corrected chi connectivity index (χ2v) is 4.26. The van der Waals surface area contributed by atoms with Gasteiger partial charge in [0, 0.05) is 6.16 Å². The molecule has 1 atom stereocenters. The smallest absolute Gasteiger partial charge is 0.264 e. The van der Waals surface area contributed by atoms with Crippen molar-refractivity contribution in [2.45, 2.75) is 12.8 Å². The van der Waals surface area contributed by atoms with E-state index in [1.54, 1.807) is 0 Å². The first-order valence-electron chi connectivity index (χ1n) is 2.68. The van der Waals surface area contributed by atoms with Crippen molar-refractivity contribution < 1.29 is 9.46 Å². The molecule has 4 heteroatoms. The fourth-order valence-corrected chi connectivity index (χ4v) is 1.78. The summed E-state index contributed by atoms with van der Waals surface area (Å²) in [6, 6.07) is 0. The average Bonchev–Trinajstić information content (AvgIpc) is 2.12. The van der Waals surface area contributed by atoms with E-state index in [1.807, 2.05) is 0 Å². The highest BCUT2D eigenvalue weighted by Crippen LogP contribution is 2.42. The van der Waals surface area contributed by atoms with Crippen LogP contribution in [0.25, 0.3) is 0 Å². The lowest BCUT2D eigenvalue weighted by Gasteiger charge is -1.99. The van der Waals surface area contributed by atoms with E-state index in [4.69, 9.17) is 10.4 Å². The van der Waals surface area contributed by atoms with E-state index in [9.17, 15) is 4.57 Å². The van der Waals surface area contributed by atoms with Crippen molar-refractivity contribution in [2.75, 3.05) is 6.16 Å². The van der Waals surface area contributed by atoms with E-state index in [1.165, 1.54) is 0 Å². The third kappa shape index (κ3) is 2.46. The summed E-state index contributed by atoms with van der Waals surface area (Å²) < 4.78 is 10.4. The predicted octanol–water partition coefficient (Wildman–Crippen LogP) is 0.540. The average molecular weight is 135 g/mol. The van der Waals surface area contributed by atoms with Crippen LogP contribution in [0.4, 0.5) is 0 Å². The van der Waals surface area contributed by atoms with Crippen molar-refractivity contribution in [3.05, 3.63) is 0 Å². The molecule has 0 bridgehead atoms. The second kappa shape index (κ2) is 1.83. The summed E-state index contributed by atoms with van der Waals surface area (Å²) in [6.07, 6.45) is 2.50. The normalized spacial score (nSPS) is 27.2. The molecule has 8 heavy (non-hydrogen) atoms. The number of nitrogens with two attached hydrogens (primary N) is 1. The van der Waals surface area contributed by atoms with Gasteiger partial charge in [0.05, 0.1) is 0 Å². The summed E-state index contributed by atoms with van der Waals surface area (Å²) in [4.78, 5) is 8.56. The Hall–Kier alpha value is 0.150. The molecule has 0 radical (unpaired) electrons. The van der Waals surface area contributed by atoms with Gasteiger partial charge >= 0.3 is 0 Å². The standard InChI is InChI=1S/C4H10NO2P/c5-8(6,7)3-4-1-2-4/h4H,1-3H2,(H3,5,6,7). The fraction of sp³-hybridized carbons (Fsp3) is 1.00. The molecule has 0 spiro atoms. The van der Waals surface area contributed by atoms with Crippen molar-refractivity contribution in [1.29, 1.82) is 0 Å². The van der Waals surface area contributed by atoms with Gasteiger partial charge in [-0.3, -0.25) is 10.1 Å². The highest BCUT2D eigenvalue weighted by Gasteiger charge is 2.28. The molecule has 0 heterocycles. The SMILES string of the molecule is NP(=O)(O)CC1CC1. The monoisotopic (exact) mass is 135 g/mol. The molecule has 3 nitrogen and oxygen atoms in total. The zero-order chi connectivity index (χ0) is 6.20. The molecule has 0 saturated heterocycles. The van der Waals surface area contributed by atoms with E-state index >= 15 is 0 Å². The molecule has 0 aromatic carbocycles. The highest BCUT2D eigenvalue weighted by atomic mass is 31.2. The van der Waals surface area contributed by atoms with E-state index in [0.29, 0.717) is 12.1 Å². The van der Waals surface area contributed by atoms with Crippen molar-refractivity contribution in [2.24, 2.45) is 11.4 Å². The minimum atomic E-state index is -3.16. The maximum Gasteiger partial charge on any atom is 0.264 e. The molecule has 3 N–H and O–H groups in total. The molecule has 1 rings (SSSR count). The Morgan fingerprint density at radius 1 is 1.75 bits per heavy atom. The first-order valence-corrected chi connectivity index (χ1v) is 4.60. The molecular weight excluding hydrogens is 125 g/mol. The van der Waals surface area contributed by atoms with Crippen LogP contribution >= 0.6 is 7.52 Å². The van der Waals surface area contributed by atoms with Crippen LogP contribution in [0.5, 0.6) is 0 Å². The van der Waals surface area contributed by atoms with E-state index < -0.39 is 7.52 Å². The van der Waals surface area contributed by atoms with Crippen LogP contribution < -0.4 is 5.50 Å². The Labute approximate surface area is 48.4 Å². The largest absolute Gasteiger partial charge is 0.333 e. The van der Waals surface area contributed by atoms with Crippen LogP contribution in [-0.2, 0) is 4.57 Å². The minimum absolute atomic E-state index is 0.326. The van der Waals surface area contributed by atoms with Crippen LogP contribution in [0.1, 0.15) is 12.8 Å². The zero-order valence-electron chi connectivity index (χ0n) is 4.58. The molecule has 1 unspecified atom stereocenters. The zero-order valence-corrected chi connectivity index (χ0v) is 5.47. The maximum atomic E-state index is 10.4. The molecule has 48 valence electrons. The lowest BCUT2D eigenvalue weighted by atomic mass is 10.5. The van der Waals surface area contributed by atoms with Gasteiger partial charge in [-0.1, -0.05) is 0 Å². The Bertz CT molecular complexity index is 126. The predicted molar refractivity (Wildman–Crippen MR) is 31.6 cm³/mol. The van der Waals surface area contributed by atoms with Crippen LogP contribution in [0.3, 0.4) is 0 Å². The molecule has 1 aliphatic carbocycles. The lowest BCUT2D eigenvalue weighted by molar-refractivity contribution is 0.476. The minimum Gasteiger partial charge on any atom is -0.333 e. The summed E-state index contributed by atoms with van der Waals surface area (Å²) >= 11 is 0. The Morgan fingerprint density at radius 3 is 2.38 bits per heavy atom. The highest BCUT2D eigenvalue weighted by molar-refractivity contribution is 7.55. The molecule has 0 aliphatic heterocycles. The second-order valence-electron chi connectivity index (χ2n) is 2.38. The van der Waals surface area contributed by atoms with Gasteiger partial charge < -0.3 is 4.89 Å². The van der Waals surface area contributed by atoms with Crippen LogP contribution in [-0.4, -0.2) is 11.1 Å². The van der Waals surface area contributed by atoms with Gasteiger partial charge in [0.15, 0.2) is 0 Å². The number of rotatable bonds is 2. The number of hydrogen-bond donors (Lipinski definition) is 2. The van der Waals surface area contributed by atoms with Gasteiger partial charge in [-0.2, -0.15) is 0 Å². The molecular formula is C4H10NO2P. The van der Waals surface area contributed by atoms with Crippen LogP contribution in [0.15, 0.2) is 0 Å². The summed E-state index contributed by atoms with van der Waals surface area (Å²) in [5, 5.41) is 0. The molecule has 0 aromatic rings. The van der Waals surface area contributed by atoms with Crippen molar-refractivity contribution in [3.8, 4) is 0 Å². The molecule has 1 saturated carbocycles. The number of hydrogen-bond acceptors (Lipinski definition) is 1. The van der Waals surface area contributed by atoms with E-state index in [-0.39, 0.29) is 0 Å². The van der Waals surface area contributed by atoms with Crippen LogP contribution in [0.2, 0.25) is 0 Å². The third-order valence-electron chi connectivity index (χ3n) is 1.22. The quantitative estimate of drug-likeness (QED) is 0.543. The molecule has 0 amide bonds. The third-order valence-corrected chi connectivity index (χ3v) is 2.26. The Kier molecular flexibility index (Phi) is 1.44. The fourth-order valence-electron chi connectivity index (χ4n) is 0.670. The summed E-state index contributed by atoms with van der Waals surface area (Å²) in [5.74, 6) is 0.454. The van der Waals surface area contributed by atoms with Crippen molar-refractivity contribution >= 4 is 7.52 Å².